The first kappa shape index (κ1) is 19.6. The van der Waals surface area contributed by atoms with Crippen LogP contribution in [-0.4, -0.2) is 39.8 Å². The van der Waals surface area contributed by atoms with Gasteiger partial charge in [-0.1, -0.05) is 6.07 Å². The molecule has 2 aromatic carbocycles. The van der Waals surface area contributed by atoms with E-state index < -0.39 is 5.60 Å². The zero-order valence-corrected chi connectivity index (χ0v) is 17.9. The van der Waals surface area contributed by atoms with Crippen LogP contribution in [0.5, 0.6) is 5.75 Å². The molecule has 0 bridgehead atoms. The van der Waals surface area contributed by atoms with E-state index in [4.69, 9.17) is 4.74 Å². The molecule has 1 amide bonds. The minimum atomic E-state index is -0.502. The molecule has 0 N–H and O–H groups in total. The largest absolute Gasteiger partial charge is 0.486 e. The van der Waals surface area contributed by atoms with Crippen LogP contribution in [0.1, 0.15) is 51.1 Å². The average Bonchev–Trinajstić information content (AvgIpc) is 3.32. The first-order chi connectivity index (χ1) is 15.0. The Bertz CT molecular complexity index is 1140. The number of amides is 1. The molecule has 1 fully saturated rings. The van der Waals surface area contributed by atoms with Gasteiger partial charge in [0.25, 0.3) is 5.91 Å². The van der Waals surface area contributed by atoms with E-state index in [0.29, 0.717) is 43.5 Å². The molecule has 0 radical (unpaired) electrons. The third kappa shape index (κ3) is 3.44. The Kier molecular flexibility index (Phi) is 4.69. The SMILES string of the molecule is Cc1ccc2c(c1C)OC1(CCN(C(=O)c3ccc(-n4cccc4)cc3)CC1)CC2=O. The number of ether oxygens (including phenoxy) is 1. The molecule has 0 saturated carbocycles. The van der Waals surface area contributed by atoms with Gasteiger partial charge in [-0.15, -0.1) is 0 Å². The second kappa shape index (κ2) is 7.41. The number of nitrogens with zero attached hydrogens (tertiary/aromatic N) is 2. The summed E-state index contributed by atoms with van der Waals surface area (Å²) in [5.74, 6) is 0.907. The Balaban J connectivity index is 1.29. The Morgan fingerprint density at radius 1 is 0.968 bits per heavy atom. The van der Waals surface area contributed by atoms with Crippen LogP contribution in [0.4, 0.5) is 0 Å². The lowest BCUT2D eigenvalue weighted by atomic mass is 9.81. The number of hydrogen-bond donors (Lipinski definition) is 0. The lowest BCUT2D eigenvalue weighted by Gasteiger charge is -2.44. The molecule has 2 aliphatic heterocycles. The van der Waals surface area contributed by atoms with Crippen molar-refractivity contribution >= 4 is 11.7 Å². The molecule has 158 valence electrons. The van der Waals surface area contributed by atoms with Crippen LogP contribution < -0.4 is 4.74 Å². The summed E-state index contributed by atoms with van der Waals surface area (Å²) in [6.07, 6.45) is 5.68. The number of ketones is 1. The van der Waals surface area contributed by atoms with Gasteiger partial charge in [-0.05, 0) is 67.4 Å². The van der Waals surface area contributed by atoms with Crippen molar-refractivity contribution in [3.05, 3.63) is 83.2 Å². The highest BCUT2D eigenvalue weighted by molar-refractivity contribution is 6.01. The first-order valence-corrected chi connectivity index (χ1v) is 10.8. The fourth-order valence-electron chi connectivity index (χ4n) is 4.64. The van der Waals surface area contributed by atoms with Crippen molar-refractivity contribution in [2.24, 2.45) is 0 Å². The molecule has 0 atom stereocenters. The number of fused-ring (bicyclic) bond motifs is 1. The Morgan fingerprint density at radius 3 is 2.32 bits per heavy atom. The van der Waals surface area contributed by atoms with E-state index in [-0.39, 0.29) is 11.7 Å². The maximum absolute atomic E-state index is 13.0. The van der Waals surface area contributed by atoms with Crippen LogP contribution in [0.15, 0.2) is 60.9 Å². The summed E-state index contributed by atoms with van der Waals surface area (Å²) < 4.78 is 8.48. The highest BCUT2D eigenvalue weighted by Gasteiger charge is 2.44. The summed E-state index contributed by atoms with van der Waals surface area (Å²) in [6, 6.07) is 15.5. The minimum absolute atomic E-state index is 0.0310. The summed E-state index contributed by atoms with van der Waals surface area (Å²) in [4.78, 5) is 27.7. The number of benzene rings is 2. The maximum Gasteiger partial charge on any atom is 0.253 e. The predicted octanol–water partition coefficient (Wildman–Crippen LogP) is 4.73. The van der Waals surface area contributed by atoms with Crippen molar-refractivity contribution in [3.8, 4) is 11.4 Å². The van der Waals surface area contributed by atoms with E-state index in [1.54, 1.807) is 0 Å². The Hall–Kier alpha value is -3.34. The number of Topliss-reactive ketones (excluding diaryl/α,β-unsaturated/α-hetero) is 1. The Labute approximate surface area is 182 Å². The number of rotatable bonds is 2. The van der Waals surface area contributed by atoms with E-state index in [9.17, 15) is 9.59 Å². The van der Waals surface area contributed by atoms with Gasteiger partial charge >= 0.3 is 0 Å². The summed E-state index contributed by atoms with van der Waals surface area (Å²) >= 11 is 0. The van der Waals surface area contributed by atoms with Crippen LogP contribution in [0.25, 0.3) is 5.69 Å². The molecule has 1 aromatic heterocycles. The van der Waals surface area contributed by atoms with Gasteiger partial charge in [-0.2, -0.15) is 0 Å². The molecule has 31 heavy (non-hydrogen) atoms. The fourth-order valence-corrected chi connectivity index (χ4v) is 4.64. The van der Waals surface area contributed by atoms with Gasteiger partial charge < -0.3 is 14.2 Å². The van der Waals surface area contributed by atoms with Gasteiger partial charge in [0.15, 0.2) is 5.78 Å². The number of aryl methyl sites for hydroxylation is 1. The van der Waals surface area contributed by atoms with Gasteiger partial charge in [0, 0.05) is 49.6 Å². The maximum atomic E-state index is 13.0. The number of carbonyl (C=O) groups excluding carboxylic acids is 2. The number of aromatic nitrogens is 1. The summed E-state index contributed by atoms with van der Waals surface area (Å²) in [5, 5.41) is 0. The number of hydrogen-bond acceptors (Lipinski definition) is 3. The molecule has 5 nitrogen and oxygen atoms in total. The van der Waals surface area contributed by atoms with Gasteiger partial charge in [0.1, 0.15) is 11.4 Å². The van der Waals surface area contributed by atoms with Crippen molar-refractivity contribution in [1.82, 2.24) is 9.47 Å². The number of carbonyl (C=O) groups is 2. The molecule has 0 unspecified atom stereocenters. The monoisotopic (exact) mass is 414 g/mol. The second-order valence-corrected chi connectivity index (χ2v) is 8.70. The van der Waals surface area contributed by atoms with Crippen molar-refractivity contribution in [3.63, 3.8) is 0 Å². The standard InChI is InChI=1S/C26H26N2O3/c1-18-5-10-22-23(29)17-26(31-24(22)19(18)2)11-15-28(16-12-26)25(30)20-6-8-21(9-7-20)27-13-3-4-14-27/h3-10,13-14H,11-12,15-17H2,1-2H3. The van der Waals surface area contributed by atoms with E-state index in [2.05, 4.69) is 0 Å². The molecule has 3 heterocycles. The van der Waals surface area contributed by atoms with E-state index in [0.717, 1.165) is 22.6 Å². The van der Waals surface area contributed by atoms with Gasteiger partial charge in [0.05, 0.1) is 12.0 Å². The van der Waals surface area contributed by atoms with Crippen LogP contribution >= 0.6 is 0 Å². The molecule has 1 saturated heterocycles. The van der Waals surface area contributed by atoms with Crippen LogP contribution in [0.3, 0.4) is 0 Å². The summed E-state index contributed by atoms with van der Waals surface area (Å²) in [5.41, 5.74) is 4.06. The number of piperidine rings is 1. The molecule has 0 aliphatic carbocycles. The molecular weight excluding hydrogens is 388 g/mol. The highest BCUT2D eigenvalue weighted by Crippen LogP contribution is 2.41. The lowest BCUT2D eigenvalue weighted by Crippen LogP contribution is -2.52. The summed E-state index contributed by atoms with van der Waals surface area (Å²) in [6.45, 7) is 5.22. The minimum Gasteiger partial charge on any atom is -0.486 e. The molecule has 5 rings (SSSR count). The van der Waals surface area contributed by atoms with Gasteiger partial charge in [-0.3, -0.25) is 9.59 Å². The zero-order valence-electron chi connectivity index (χ0n) is 17.9. The van der Waals surface area contributed by atoms with Crippen molar-refractivity contribution < 1.29 is 14.3 Å². The van der Waals surface area contributed by atoms with Crippen LogP contribution in [0.2, 0.25) is 0 Å². The molecule has 1 spiro atoms. The smallest absolute Gasteiger partial charge is 0.253 e. The van der Waals surface area contributed by atoms with Crippen LogP contribution in [-0.2, 0) is 0 Å². The van der Waals surface area contributed by atoms with Crippen molar-refractivity contribution in [1.29, 1.82) is 0 Å². The Morgan fingerprint density at radius 2 is 1.65 bits per heavy atom. The van der Waals surface area contributed by atoms with Crippen molar-refractivity contribution in [2.75, 3.05) is 13.1 Å². The second-order valence-electron chi connectivity index (χ2n) is 8.70. The molecule has 5 heteroatoms. The fraction of sp³-hybridized carbons (Fsp3) is 0.308. The highest BCUT2D eigenvalue weighted by atomic mass is 16.5. The van der Waals surface area contributed by atoms with Crippen molar-refractivity contribution in [2.45, 2.75) is 38.7 Å². The number of likely N-dealkylation sites (tertiary alicyclic amines) is 1. The normalized spacial score (nSPS) is 17.4. The topological polar surface area (TPSA) is 51.5 Å². The zero-order chi connectivity index (χ0) is 21.6. The third-order valence-corrected chi connectivity index (χ3v) is 6.76. The molecular formula is C26H26N2O3. The van der Waals surface area contributed by atoms with E-state index in [1.807, 2.05) is 84.2 Å². The van der Waals surface area contributed by atoms with Gasteiger partial charge in [-0.25, -0.2) is 0 Å². The van der Waals surface area contributed by atoms with E-state index in [1.165, 1.54) is 0 Å². The van der Waals surface area contributed by atoms with Crippen LogP contribution in [0, 0.1) is 13.8 Å². The summed E-state index contributed by atoms with van der Waals surface area (Å²) in [7, 11) is 0. The quantitative estimate of drug-likeness (QED) is 0.609. The van der Waals surface area contributed by atoms with Gasteiger partial charge in [0.2, 0.25) is 0 Å². The lowest BCUT2D eigenvalue weighted by molar-refractivity contribution is -0.00620. The molecule has 2 aliphatic rings. The average molecular weight is 415 g/mol. The first-order valence-electron chi connectivity index (χ1n) is 10.8. The molecule has 3 aromatic rings. The predicted molar refractivity (Wildman–Crippen MR) is 119 cm³/mol. The van der Waals surface area contributed by atoms with E-state index >= 15 is 0 Å². The third-order valence-electron chi connectivity index (χ3n) is 6.76.